The smallest absolute Gasteiger partial charge is 0.226 e. The monoisotopic (exact) mass is 1010 g/mol. The number of anilines is 3. The number of hydrogen-bond donors (Lipinski definition) is 9. The van der Waals surface area contributed by atoms with Crippen LogP contribution in [0.4, 0.5) is 17.1 Å². The van der Waals surface area contributed by atoms with Crippen LogP contribution in [-0.2, 0) is 52.6 Å². The Hall–Kier alpha value is -6.90. The number of aromatic hydroxyl groups is 2. The largest absolute Gasteiger partial charge is 0.508 e. The van der Waals surface area contributed by atoms with Crippen LogP contribution in [0.25, 0.3) is 0 Å². The topological polar surface area (TPSA) is 303 Å². The number of aryl methyl sites for hydroxylation is 1. The number of carbonyl (C=O) groups is 8. The molecule has 20 nitrogen and oxygen atoms in total. The van der Waals surface area contributed by atoms with Gasteiger partial charge in [-0.2, -0.15) is 0 Å². The van der Waals surface area contributed by atoms with Gasteiger partial charge in [-0.3, -0.25) is 33.6 Å². The predicted molar refractivity (Wildman–Crippen MR) is 277 cm³/mol. The summed E-state index contributed by atoms with van der Waals surface area (Å²) in [4.78, 5) is 93.1. The van der Waals surface area contributed by atoms with Crippen molar-refractivity contribution in [3.63, 3.8) is 0 Å². The Kier molecular flexibility index (Phi) is 36.9. The molecule has 6 amide bonds. The number of nitrogen functional groups attached to an aromatic ring is 1. The molecular weight excluding hydrogens is 931 g/mol. The van der Waals surface area contributed by atoms with Gasteiger partial charge in [-0.25, -0.2) is 0 Å². The highest BCUT2D eigenvalue weighted by Crippen LogP contribution is 2.16. The van der Waals surface area contributed by atoms with E-state index in [0.717, 1.165) is 12.1 Å². The van der Waals surface area contributed by atoms with Crippen LogP contribution in [0.3, 0.4) is 0 Å². The Balaban J connectivity index is 0.00000162. The van der Waals surface area contributed by atoms with Crippen LogP contribution < -0.4 is 37.6 Å². The molecule has 0 fully saturated rings. The molecule has 0 saturated carbocycles. The summed E-state index contributed by atoms with van der Waals surface area (Å²) in [6.45, 7) is 12.7. The van der Waals surface area contributed by atoms with E-state index in [0.29, 0.717) is 43.6 Å². The highest BCUT2D eigenvalue weighted by Gasteiger charge is 2.34. The van der Waals surface area contributed by atoms with E-state index in [1.165, 1.54) is 29.8 Å². The summed E-state index contributed by atoms with van der Waals surface area (Å²) in [5.41, 5.74) is 7.51. The van der Waals surface area contributed by atoms with Crippen molar-refractivity contribution in [2.24, 2.45) is 5.92 Å². The van der Waals surface area contributed by atoms with Crippen molar-refractivity contribution in [2.45, 2.75) is 105 Å². The molecule has 72 heavy (non-hydrogen) atoms. The van der Waals surface area contributed by atoms with Crippen molar-refractivity contribution in [1.82, 2.24) is 21.3 Å². The van der Waals surface area contributed by atoms with Crippen LogP contribution in [0.15, 0.2) is 72.8 Å². The lowest BCUT2D eigenvalue weighted by molar-refractivity contribution is -0.130. The molecule has 1 atom stereocenters. The standard InChI is InChI=1S/C33H52N4O10.C10H12N2O3.C7H9N.C2H6/c1-4-19-45-22-33(23-46-20-14-29(41)34-16-6-18-38,37-32(44)8-5-7-28(40)25(2)3)24-47-21-15-30(42)35-17-13-31(43)36-26-9-11-27(39)12-10-26;13-7-11-6-5-10(15)12-8-1-3-9(14)4-2-8;1-6-2-4-7(8)5-3-6;1-2/h9-12,18,25,39H,4-8,13-17,19-24H2,1-3H3,(H,34,41)(H,35,42)(H,36,43)(H,37,44);1-4,7,14H,5-6H2,(H,11,13)(H,12,15);2-5H,8H2,1H3;1-2H3. The minimum atomic E-state index is -1.13. The molecule has 0 aromatic heterocycles. The molecule has 3 rings (SSSR count). The van der Waals surface area contributed by atoms with Crippen LogP contribution >= 0.6 is 0 Å². The van der Waals surface area contributed by atoms with Gasteiger partial charge in [-0.05, 0) is 80.4 Å². The lowest BCUT2D eigenvalue weighted by Gasteiger charge is -2.34. The number of rotatable bonds is 32. The van der Waals surface area contributed by atoms with E-state index in [-0.39, 0.29) is 144 Å². The quantitative estimate of drug-likeness (QED) is 0.0170. The number of nitrogens with two attached hydrogens (primary N) is 1. The van der Waals surface area contributed by atoms with Crippen molar-refractivity contribution in [3.8, 4) is 11.5 Å². The number of benzene rings is 3. The second-order valence-electron chi connectivity index (χ2n) is 16.3. The number of ketones is 1. The number of aldehydes is 1. The fraction of sp³-hybridized carbons (Fsp3) is 0.500. The van der Waals surface area contributed by atoms with E-state index in [1.54, 1.807) is 24.3 Å². The van der Waals surface area contributed by atoms with Crippen molar-refractivity contribution in [3.05, 3.63) is 78.4 Å². The number of phenols is 2. The molecule has 0 aliphatic carbocycles. The van der Waals surface area contributed by atoms with E-state index in [9.17, 15) is 43.5 Å². The zero-order valence-electron chi connectivity index (χ0n) is 42.9. The molecule has 0 aliphatic rings. The number of ether oxygens (including phenoxy) is 3. The lowest BCUT2D eigenvalue weighted by Crippen LogP contribution is -2.58. The Labute approximate surface area is 424 Å². The molecule has 0 saturated heterocycles. The van der Waals surface area contributed by atoms with Gasteiger partial charge in [0.1, 0.15) is 29.1 Å². The second kappa shape index (κ2) is 40.8. The zero-order chi connectivity index (χ0) is 54.0. The predicted octanol–water partition coefficient (Wildman–Crippen LogP) is 5.10. The molecule has 0 bridgehead atoms. The molecule has 3 aromatic rings. The van der Waals surface area contributed by atoms with Gasteiger partial charge in [0.15, 0.2) is 0 Å². The van der Waals surface area contributed by atoms with Crippen LogP contribution in [0.1, 0.15) is 98.0 Å². The van der Waals surface area contributed by atoms with Crippen molar-refractivity contribution in [2.75, 3.05) is 75.6 Å². The number of carbonyl (C=O) groups excluding carboxylic acids is 8. The Bertz CT molecular complexity index is 1980. The summed E-state index contributed by atoms with van der Waals surface area (Å²) in [5.74, 6) is -1.21. The van der Waals surface area contributed by atoms with Gasteiger partial charge in [0, 0.05) is 94.2 Å². The number of phenolic OH excluding ortho intramolecular Hbond substituents is 2. The molecular formula is C52H79N7O13. The van der Waals surface area contributed by atoms with Gasteiger partial charge in [0.25, 0.3) is 0 Å². The first-order valence-electron chi connectivity index (χ1n) is 24.2. The summed E-state index contributed by atoms with van der Waals surface area (Å²) >= 11 is 0. The van der Waals surface area contributed by atoms with Crippen LogP contribution in [0.2, 0.25) is 0 Å². The van der Waals surface area contributed by atoms with Crippen molar-refractivity contribution >= 4 is 65.1 Å². The first kappa shape index (κ1) is 65.1. The average molecular weight is 1010 g/mol. The number of amides is 6. The van der Waals surface area contributed by atoms with Gasteiger partial charge in [-0.1, -0.05) is 52.3 Å². The Morgan fingerprint density at radius 2 is 1.08 bits per heavy atom. The number of Topliss-reactive ketones (excluding diaryl/α,β-unsaturated/α-hetero) is 1. The molecule has 20 heteroatoms. The maximum absolute atomic E-state index is 13.0. The van der Waals surface area contributed by atoms with Gasteiger partial charge in [0.2, 0.25) is 35.9 Å². The number of nitrogens with one attached hydrogen (secondary N) is 6. The van der Waals surface area contributed by atoms with Crippen molar-refractivity contribution in [1.29, 1.82) is 0 Å². The third-order valence-corrected chi connectivity index (χ3v) is 9.52. The maximum Gasteiger partial charge on any atom is 0.226 e. The summed E-state index contributed by atoms with van der Waals surface area (Å²) in [6, 6.07) is 20.0. The minimum absolute atomic E-state index is 0.00143. The fourth-order valence-electron chi connectivity index (χ4n) is 5.69. The molecule has 3 aromatic carbocycles. The van der Waals surface area contributed by atoms with Gasteiger partial charge < -0.3 is 66.9 Å². The normalized spacial score (nSPS) is 11.0. The van der Waals surface area contributed by atoms with E-state index >= 15 is 0 Å². The van der Waals surface area contributed by atoms with E-state index in [2.05, 4.69) is 31.9 Å². The molecule has 0 heterocycles. The third-order valence-electron chi connectivity index (χ3n) is 9.52. The summed E-state index contributed by atoms with van der Waals surface area (Å²) in [7, 11) is 0. The van der Waals surface area contributed by atoms with E-state index in [1.807, 2.05) is 65.8 Å². The molecule has 400 valence electrons. The Morgan fingerprint density at radius 1 is 0.611 bits per heavy atom. The third kappa shape index (κ3) is 34.4. The molecule has 0 spiro atoms. The molecule has 10 N–H and O–H groups in total. The molecule has 0 radical (unpaired) electrons. The molecule has 1 unspecified atom stereocenters. The molecule has 0 aliphatic heterocycles. The SMILES string of the molecule is CC.CCCOCC(COCCC(=O)NCCC=O)(COCCC(=O)NCCC(=O)Nc1ccc(O)cc1)NC(=O)CCCC(=O)C(C)C.Cc1ccc(N)cc1.O=CNCCC(=O)Nc1ccc(O)cc1. The zero-order valence-corrected chi connectivity index (χ0v) is 42.9. The van der Waals surface area contributed by atoms with Crippen LogP contribution in [-0.4, -0.2) is 123 Å². The minimum Gasteiger partial charge on any atom is -0.508 e. The average Bonchev–Trinajstić information content (AvgIpc) is 3.35. The number of hydrogen-bond acceptors (Lipinski definition) is 14. The van der Waals surface area contributed by atoms with Gasteiger partial charge in [-0.15, -0.1) is 0 Å². The first-order chi connectivity index (χ1) is 34.5. The fourth-order valence-corrected chi connectivity index (χ4v) is 5.69. The second-order valence-corrected chi connectivity index (χ2v) is 16.3. The van der Waals surface area contributed by atoms with E-state index in [4.69, 9.17) is 25.1 Å². The van der Waals surface area contributed by atoms with Crippen molar-refractivity contribution < 1.29 is 62.8 Å². The Morgan fingerprint density at radius 3 is 1.53 bits per heavy atom. The summed E-state index contributed by atoms with van der Waals surface area (Å²) in [6.07, 6.45) is 3.29. The van der Waals surface area contributed by atoms with Crippen LogP contribution in [0, 0.1) is 12.8 Å². The maximum atomic E-state index is 13.0. The van der Waals surface area contributed by atoms with Gasteiger partial charge >= 0.3 is 0 Å². The lowest BCUT2D eigenvalue weighted by atomic mass is 10.0. The van der Waals surface area contributed by atoms with Gasteiger partial charge in [0.05, 0.1) is 33.0 Å². The summed E-state index contributed by atoms with van der Waals surface area (Å²) < 4.78 is 17.4. The highest BCUT2D eigenvalue weighted by atomic mass is 16.5. The first-order valence-corrected chi connectivity index (χ1v) is 24.2. The van der Waals surface area contributed by atoms with Crippen LogP contribution in [0.5, 0.6) is 11.5 Å². The highest BCUT2D eigenvalue weighted by molar-refractivity contribution is 5.91. The van der Waals surface area contributed by atoms with E-state index < -0.39 is 5.54 Å². The summed E-state index contributed by atoms with van der Waals surface area (Å²) in [5, 5.41) is 34.3.